The van der Waals surface area contributed by atoms with E-state index in [1.165, 1.54) is 37.4 Å². The molecule has 0 aliphatic heterocycles. The number of benzene rings is 1. The number of azo groups is 1. The lowest BCUT2D eigenvalue weighted by molar-refractivity contribution is -0.136. The van der Waals surface area contributed by atoms with Crippen LogP contribution in [-0.2, 0) is 16.0 Å². The van der Waals surface area contributed by atoms with Gasteiger partial charge in [0.2, 0.25) is 0 Å². The van der Waals surface area contributed by atoms with Crippen LogP contribution < -0.4 is 4.74 Å². The summed E-state index contributed by atoms with van der Waals surface area (Å²) < 4.78 is 4.84. The summed E-state index contributed by atoms with van der Waals surface area (Å²) in [4.78, 5) is 21.6. The quantitative estimate of drug-likeness (QED) is 0.637. The van der Waals surface area contributed by atoms with Crippen LogP contribution in [0.2, 0.25) is 0 Å². The number of aromatic nitrogens is 2. The number of carbonyl (C=O) groups excluding carboxylic acids is 1. The monoisotopic (exact) mass is 316 g/mol. The van der Waals surface area contributed by atoms with E-state index in [0.717, 1.165) is 0 Å². The topological polar surface area (TPSA) is 134 Å². The normalized spacial score (nSPS) is 10.7. The van der Waals surface area contributed by atoms with Crippen LogP contribution in [0.1, 0.15) is 12.5 Å². The standard InChI is InChI=1S/C14H12N4O5/c1-8(19)23-11-6-13(17-15-7-11)18-16-10-2-3-12(20)9(4-10)5-14(21)22/h2-4,6-7,20H,5H2,1H3,(H,21,22). The minimum Gasteiger partial charge on any atom is -0.508 e. The predicted octanol–water partition coefficient (Wildman–Crippen LogP) is 2.15. The van der Waals surface area contributed by atoms with Gasteiger partial charge in [-0.1, -0.05) is 0 Å². The number of carboxylic acids is 1. The molecule has 118 valence electrons. The number of aromatic hydroxyl groups is 1. The van der Waals surface area contributed by atoms with Crippen molar-refractivity contribution in [2.45, 2.75) is 13.3 Å². The SMILES string of the molecule is CC(=O)Oc1cnnc(N=Nc2ccc(O)c(CC(=O)O)c2)c1. The number of esters is 1. The zero-order valence-corrected chi connectivity index (χ0v) is 12.0. The van der Waals surface area contributed by atoms with E-state index in [2.05, 4.69) is 20.4 Å². The van der Waals surface area contributed by atoms with Crippen molar-refractivity contribution in [3.05, 3.63) is 36.0 Å². The van der Waals surface area contributed by atoms with Crippen LogP contribution in [0.3, 0.4) is 0 Å². The van der Waals surface area contributed by atoms with Gasteiger partial charge in [-0.3, -0.25) is 9.59 Å². The van der Waals surface area contributed by atoms with Gasteiger partial charge in [-0.25, -0.2) is 0 Å². The Morgan fingerprint density at radius 3 is 2.74 bits per heavy atom. The fourth-order valence-corrected chi connectivity index (χ4v) is 1.66. The van der Waals surface area contributed by atoms with Crippen LogP contribution in [0.5, 0.6) is 11.5 Å². The average molecular weight is 316 g/mol. The van der Waals surface area contributed by atoms with Crippen molar-refractivity contribution in [2.24, 2.45) is 10.2 Å². The molecule has 0 aliphatic carbocycles. The molecule has 0 saturated heterocycles. The maximum atomic E-state index is 10.9. The third kappa shape index (κ3) is 4.84. The van der Waals surface area contributed by atoms with Gasteiger partial charge in [-0.2, -0.15) is 5.10 Å². The zero-order chi connectivity index (χ0) is 16.8. The molecule has 0 radical (unpaired) electrons. The van der Waals surface area contributed by atoms with Gasteiger partial charge in [0.05, 0.1) is 18.3 Å². The Hall–Kier alpha value is -3.36. The molecule has 23 heavy (non-hydrogen) atoms. The van der Waals surface area contributed by atoms with E-state index in [9.17, 15) is 14.7 Å². The van der Waals surface area contributed by atoms with E-state index in [4.69, 9.17) is 9.84 Å². The molecule has 1 aromatic carbocycles. The molecule has 0 spiro atoms. The third-order valence-corrected chi connectivity index (χ3v) is 2.55. The van der Waals surface area contributed by atoms with Crippen LogP contribution in [0.25, 0.3) is 0 Å². The Balaban J connectivity index is 2.20. The van der Waals surface area contributed by atoms with Gasteiger partial charge in [-0.05, 0) is 18.2 Å². The van der Waals surface area contributed by atoms with E-state index in [1.807, 2.05) is 0 Å². The Labute approximate surface area is 130 Å². The van der Waals surface area contributed by atoms with Gasteiger partial charge in [0, 0.05) is 18.6 Å². The highest BCUT2D eigenvalue weighted by atomic mass is 16.5. The van der Waals surface area contributed by atoms with Crippen LogP contribution in [0.4, 0.5) is 11.5 Å². The highest BCUT2D eigenvalue weighted by Gasteiger charge is 2.07. The molecule has 9 nitrogen and oxygen atoms in total. The molecule has 0 atom stereocenters. The van der Waals surface area contributed by atoms with Crippen molar-refractivity contribution in [3.63, 3.8) is 0 Å². The first kappa shape index (κ1) is 16.0. The number of aliphatic carboxylic acids is 1. The lowest BCUT2D eigenvalue weighted by atomic mass is 10.1. The minimum absolute atomic E-state index is 0.108. The van der Waals surface area contributed by atoms with Gasteiger partial charge in [0.25, 0.3) is 0 Å². The molecule has 2 N–H and O–H groups in total. The second kappa shape index (κ2) is 7.07. The van der Waals surface area contributed by atoms with Crippen LogP contribution in [0.15, 0.2) is 40.7 Å². The van der Waals surface area contributed by atoms with Crippen molar-refractivity contribution in [1.29, 1.82) is 0 Å². The maximum absolute atomic E-state index is 10.9. The summed E-state index contributed by atoms with van der Waals surface area (Å²) >= 11 is 0. The number of nitrogens with zero attached hydrogens (tertiary/aromatic N) is 4. The molecule has 0 unspecified atom stereocenters. The number of carbonyl (C=O) groups is 2. The average Bonchev–Trinajstić information content (AvgIpc) is 2.47. The molecule has 1 heterocycles. The van der Waals surface area contributed by atoms with E-state index in [0.29, 0.717) is 5.69 Å². The summed E-state index contributed by atoms with van der Waals surface area (Å²) in [5.74, 6) is -1.43. The summed E-state index contributed by atoms with van der Waals surface area (Å²) in [7, 11) is 0. The van der Waals surface area contributed by atoms with Gasteiger partial charge in [-0.15, -0.1) is 15.3 Å². The number of hydrogen-bond donors (Lipinski definition) is 2. The first-order valence-electron chi connectivity index (χ1n) is 6.40. The predicted molar refractivity (Wildman–Crippen MR) is 77.0 cm³/mol. The largest absolute Gasteiger partial charge is 0.508 e. The van der Waals surface area contributed by atoms with Crippen molar-refractivity contribution in [2.75, 3.05) is 0 Å². The molecule has 1 aromatic heterocycles. The van der Waals surface area contributed by atoms with Crippen molar-refractivity contribution in [3.8, 4) is 11.5 Å². The summed E-state index contributed by atoms with van der Waals surface area (Å²) in [6, 6.07) is 5.56. The third-order valence-electron chi connectivity index (χ3n) is 2.55. The maximum Gasteiger partial charge on any atom is 0.308 e. The number of phenolic OH excluding ortho intramolecular Hbond substituents is 1. The Kier molecular flexibility index (Phi) is 4.92. The molecule has 0 amide bonds. The Morgan fingerprint density at radius 2 is 2.04 bits per heavy atom. The molecule has 0 aliphatic rings. The van der Waals surface area contributed by atoms with Gasteiger partial charge < -0.3 is 14.9 Å². The van der Waals surface area contributed by atoms with Crippen LogP contribution in [-0.4, -0.2) is 32.3 Å². The second-order valence-electron chi connectivity index (χ2n) is 4.43. The first-order chi connectivity index (χ1) is 10.9. The second-order valence-corrected chi connectivity index (χ2v) is 4.43. The summed E-state index contributed by atoms with van der Waals surface area (Å²) in [6.07, 6.45) is 0.920. The number of hydrogen-bond acceptors (Lipinski definition) is 8. The number of phenols is 1. The number of rotatable bonds is 5. The van der Waals surface area contributed by atoms with Crippen molar-refractivity contribution < 1.29 is 24.5 Å². The molecule has 2 aromatic rings. The Morgan fingerprint density at radius 1 is 1.26 bits per heavy atom. The van der Waals surface area contributed by atoms with Gasteiger partial charge in [0.1, 0.15) is 5.75 Å². The summed E-state index contributed by atoms with van der Waals surface area (Å²) in [5.41, 5.74) is 0.549. The molecule has 9 heteroatoms. The molecular weight excluding hydrogens is 304 g/mol. The minimum atomic E-state index is -1.07. The van der Waals surface area contributed by atoms with E-state index >= 15 is 0 Å². The zero-order valence-electron chi connectivity index (χ0n) is 12.0. The van der Waals surface area contributed by atoms with E-state index < -0.39 is 11.9 Å². The lowest BCUT2D eigenvalue weighted by Gasteiger charge is -2.02. The Bertz CT molecular complexity index is 776. The highest BCUT2D eigenvalue weighted by Crippen LogP contribution is 2.25. The van der Waals surface area contributed by atoms with Crippen molar-refractivity contribution >= 4 is 23.4 Å². The molecule has 0 fully saturated rings. The fourth-order valence-electron chi connectivity index (χ4n) is 1.66. The van der Waals surface area contributed by atoms with Crippen LogP contribution >= 0.6 is 0 Å². The van der Waals surface area contributed by atoms with E-state index in [-0.39, 0.29) is 29.3 Å². The molecular formula is C14H12N4O5. The summed E-state index contributed by atoms with van der Waals surface area (Å²) in [5, 5.41) is 33.4. The van der Waals surface area contributed by atoms with Crippen molar-refractivity contribution in [1.82, 2.24) is 10.2 Å². The number of carboxylic acid groups (broad SMARTS) is 1. The highest BCUT2D eigenvalue weighted by molar-refractivity contribution is 5.72. The first-order valence-corrected chi connectivity index (χ1v) is 6.40. The van der Waals surface area contributed by atoms with E-state index in [1.54, 1.807) is 0 Å². The molecule has 0 saturated carbocycles. The summed E-state index contributed by atoms with van der Waals surface area (Å²) in [6.45, 7) is 1.25. The van der Waals surface area contributed by atoms with Gasteiger partial charge >= 0.3 is 11.9 Å². The lowest BCUT2D eigenvalue weighted by Crippen LogP contribution is -2.01. The number of ether oxygens (including phenoxy) is 1. The van der Waals surface area contributed by atoms with Crippen LogP contribution in [0, 0.1) is 0 Å². The van der Waals surface area contributed by atoms with Gasteiger partial charge in [0.15, 0.2) is 11.6 Å². The fraction of sp³-hybridized carbons (Fsp3) is 0.143. The molecule has 0 bridgehead atoms. The molecule has 2 rings (SSSR count). The smallest absolute Gasteiger partial charge is 0.308 e.